The molecule has 0 atom stereocenters. The Bertz CT molecular complexity index is 924. The van der Waals surface area contributed by atoms with E-state index >= 15 is 0 Å². The maximum absolute atomic E-state index is 12.3. The molecular formula is C17H20N2O5S. The van der Waals surface area contributed by atoms with Gasteiger partial charge in [-0.1, -0.05) is 0 Å². The van der Waals surface area contributed by atoms with Crippen molar-refractivity contribution in [3.8, 4) is 0 Å². The van der Waals surface area contributed by atoms with Crippen LogP contribution in [0.15, 0.2) is 23.2 Å². The largest absolute Gasteiger partial charge is 0.462 e. The van der Waals surface area contributed by atoms with Gasteiger partial charge < -0.3 is 15.2 Å². The van der Waals surface area contributed by atoms with E-state index in [1.807, 2.05) is 0 Å². The van der Waals surface area contributed by atoms with E-state index in [1.54, 1.807) is 19.1 Å². The Morgan fingerprint density at radius 2 is 2.20 bits per heavy atom. The molecule has 8 heteroatoms. The number of fused-ring (bicyclic) bond motifs is 3. The van der Waals surface area contributed by atoms with Crippen molar-refractivity contribution in [2.45, 2.75) is 24.7 Å². The molecule has 1 aromatic heterocycles. The summed E-state index contributed by atoms with van der Waals surface area (Å²) >= 11 is 0. The van der Waals surface area contributed by atoms with E-state index in [0.29, 0.717) is 46.4 Å². The molecule has 0 amide bonds. The second-order valence-electron chi connectivity index (χ2n) is 5.78. The van der Waals surface area contributed by atoms with Crippen LogP contribution in [0.1, 0.15) is 29.3 Å². The summed E-state index contributed by atoms with van der Waals surface area (Å²) in [4.78, 5) is 16.9. The Labute approximate surface area is 145 Å². The van der Waals surface area contributed by atoms with Crippen molar-refractivity contribution in [1.29, 1.82) is 0 Å². The first-order valence-corrected chi connectivity index (χ1v) is 9.84. The van der Waals surface area contributed by atoms with Crippen LogP contribution in [0, 0.1) is 0 Å². The Hall–Kier alpha value is -2.19. The number of esters is 1. The maximum Gasteiger partial charge on any atom is 0.341 e. The highest BCUT2D eigenvalue weighted by Crippen LogP contribution is 2.37. The molecule has 134 valence electrons. The Balaban J connectivity index is 2.24. The summed E-state index contributed by atoms with van der Waals surface area (Å²) in [5.74, 6) is -0.455. The number of benzene rings is 1. The molecule has 1 aliphatic heterocycles. The fraction of sp³-hybridized carbons (Fsp3) is 0.412. The van der Waals surface area contributed by atoms with E-state index in [9.17, 15) is 13.2 Å². The molecular weight excluding hydrogens is 344 g/mol. The molecule has 1 aromatic carbocycles. The molecule has 7 nitrogen and oxygen atoms in total. The predicted molar refractivity (Wildman–Crippen MR) is 93.6 cm³/mol. The van der Waals surface area contributed by atoms with Crippen molar-refractivity contribution in [1.82, 2.24) is 4.98 Å². The molecule has 0 aliphatic carbocycles. The van der Waals surface area contributed by atoms with Crippen molar-refractivity contribution < 1.29 is 23.1 Å². The quantitative estimate of drug-likeness (QED) is 0.591. The van der Waals surface area contributed by atoms with Gasteiger partial charge in [0.15, 0.2) is 9.84 Å². The minimum Gasteiger partial charge on any atom is -0.462 e. The van der Waals surface area contributed by atoms with E-state index in [4.69, 9.17) is 9.84 Å². The lowest BCUT2D eigenvalue weighted by atomic mass is 10.0. The average molecular weight is 364 g/mol. The van der Waals surface area contributed by atoms with Gasteiger partial charge in [-0.15, -0.1) is 0 Å². The second-order valence-corrected chi connectivity index (χ2v) is 7.85. The van der Waals surface area contributed by atoms with Gasteiger partial charge in [0.1, 0.15) is 5.56 Å². The molecule has 0 saturated heterocycles. The molecule has 3 rings (SSSR count). The smallest absolute Gasteiger partial charge is 0.341 e. The van der Waals surface area contributed by atoms with Gasteiger partial charge in [0.25, 0.3) is 0 Å². The number of aromatic nitrogens is 1. The number of anilines is 1. The zero-order valence-corrected chi connectivity index (χ0v) is 14.7. The summed E-state index contributed by atoms with van der Waals surface area (Å²) < 4.78 is 29.5. The van der Waals surface area contributed by atoms with Crippen molar-refractivity contribution in [3.05, 3.63) is 29.5 Å². The van der Waals surface area contributed by atoms with Gasteiger partial charge in [-0.05, 0) is 37.5 Å². The van der Waals surface area contributed by atoms with Crippen LogP contribution in [-0.2, 0) is 21.0 Å². The third-order valence-corrected chi connectivity index (χ3v) is 5.98. The van der Waals surface area contributed by atoms with Crippen LogP contribution in [0.5, 0.6) is 0 Å². The van der Waals surface area contributed by atoms with E-state index < -0.39 is 15.8 Å². The summed E-state index contributed by atoms with van der Waals surface area (Å²) in [7, 11) is -3.29. The van der Waals surface area contributed by atoms with Crippen LogP contribution < -0.4 is 5.32 Å². The fourth-order valence-electron chi connectivity index (χ4n) is 3.06. The first kappa shape index (κ1) is 17.6. The highest BCUT2D eigenvalue weighted by atomic mass is 32.2. The first-order chi connectivity index (χ1) is 12.0. The van der Waals surface area contributed by atoms with Crippen LogP contribution in [0.25, 0.3) is 10.9 Å². The molecule has 1 aliphatic rings. The molecule has 0 fully saturated rings. The van der Waals surface area contributed by atoms with Gasteiger partial charge in [-0.2, -0.15) is 0 Å². The van der Waals surface area contributed by atoms with Gasteiger partial charge in [0.05, 0.1) is 28.5 Å². The number of rotatable bonds is 6. The van der Waals surface area contributed by atoms with Crippen molar-refractivity contribution in [2.75, 3.05) is 30.8 Å². The third-order valence-electron chi connectivity index (χ3n) is 4.19. The Morgan fingerprint density at radius 1 is 1.40 bits per heavy atom. The number of aliphatic hydroxyl groups excluding tert-OH is 1. The maximum atomic E-state index is 12.3. The van der Waals surface area contributed by atoms with Gasteiger partial charge in [0.2, 0.25) is 0 Å². The third kappa shape index (κ3) is 3.19. The molecule has 0 spiro atoms. The van der Waals surface area contributed by atoms with Crippen LogP contribution in [0.2, 0.25) is 0 Å². The number of carbonyl (C=O) groups is 1. The van der Waals surface area contributed by atoms with Gasteiger partial charge >= 0.3 is 5.97 Å². The van der Waals surface area contributed by atoms with Crippen molar-refractivity contribution in [3.63, 3.8) is 0 Å². The normalized spacial score (nSPS) is 15.1. The van der Waals surface area contributed by atoms with Crippen molar-refractivity contribution >= 4 is 32.4 Å². The predicted octanol–water partition coefficient (Wildman–Crippen LogP) is 1.54. The molecule has 2 aromatic rings. The molecule has 25 heavy (non-hydrogen) atoms. The number of carbonyl (C=O) groups excluding carboxylic acids is 1. The van der Waals surface area contributed by atoms with Crippen LogP contribution >= 0.6 is 0 Å². The number of ether oxygens (including phenoxy) is 1. The zero-order chi connectivity index (χ0) is 18.0. The minimum absolute atomic E-state index is 0.0112. The lowest BCUT2D eigenvalue weighted by Gasteiger charge is -2.16. The summed E-state index contributed by atoms with van der Waals surface area (Å²) in [6.45, 7) is 2.40. The summed E-state index contributed by atoms with van der Waals surface area (Å²) in [5, 5.41) is 12.8. The molecule has 0 bridgehead atoms. The fourth-order valence-corrected chi connectivity index (χ4v) is 4.61. The highest BCUT2D eigenvalue weighted by molar-refractivity contribution is 7.91. The minimum atomic E-state index is -3.29. The van der Waals surface area contributed by atoms with E-state index in [0.717, 1.165) is 0 Å². The Kier molecular flexibility index (Phi) is 4.91. The number of nitrogens with one attached hydrogen (secondary N) is 1. The van der Waals surface area contributed by atoms with E-state index in [2.05, 4.69) is 10.3 Å². The van der Waals surface area contributed by atoms with Crippen LogP contribution in [0.4, 0.5) is 5.69 Å². The number of pyridine rings is 1. The monoisotopic (exact) mass is 364 g/mol. The molecule has 0 saturated carbocycles. The SMILES string of the molecule is CCOC(=O)c1cnc2ccc3c(c2c1NCCCO)CCS3(=O)=O. The van der Waals surface area contributed by atoms with Gasteiger partial charge in [0, 0.05) is 24.7 Å². The summed E-state index contributed by atoms with van der Waals surface area (Å²) in [6.07, 6.45) is 2.33. The average Bonchev–Trinajstić information content (AvgIpc) is 2.90. The van der Waals surface area contributed by atoms with E-state index in [1.165, 1.54) is 6.20 Å². The molecule has 2 N–H and O–H groups in total. The highest BCUT2D eigenvalue weighted by Gasteiger charge is 2.30. The van der Waals surface area contributed by atoms with Crippen LogP contribution in [-0.4, -0.2) is 50.0 Å². The number of sulfone groups is 1. The van der Waals surface area contributed by atoms with Gasteiger partial charge in [-0.25, -0.2) is 13.2 Å². The number of hydrogen-bond acceptors (Lipinski definition) is 7. The number of hydrogen-bond donors (Lipinski definition) is 2. The topological polar surface area (TPSA) is 106 Å². The Morgan fingerprint density at radius 3 is 2.92 bits per heavy atom. The molecule has 2 heterocycles. The number of aryl methyl sites for hydroxylation is 1. The molecule has 0 unspecified atom stereocenters. The number of nitrogens with zero attached hydrogens (tertiary/aromatic N) is 1. The van der Waals surface area contributed by atoms with Crippen LogP contribution in [0.3, 0.4) is 0 Å². The molecule has 0 radical (unpaired) electrons. The summed E-state index contributed by atoms with van der Waals surface area (Å²) in [5.41, 5.74) is 2.09. The summed E-state index contributed by atoms with van der Waals surface area (Å²) in [6, 6.07) is 3.23. The second kappa shape index (κ2) is 6.97. The zero-order valence-electron chi connectivity index (χ0n) is 13.9. The standard InChI is InChI=1S/C17H20N2O5S/c1-2-24-17(21)12-10-19-13-4-5-14-11(6-9-25(14,22)23)15(13)16(12)18-7-3-8-20/h4-5,10,20H,2-3,6-9H2,1H3,(H,18,19). The van der Waals surface area contributed by atoms with Gasteiger partial charge in [-0.3, -0.25) is 4.98 Å². The lowest BCUT2D eigenvalue weighted by molar-refractivity contribution is 0.0527. The van der Waals surface area contributed by atoms with E-state index in [-0.39, 0.29) is 24.5 Å². The lowest BCUT2D eigenvalue weighted by Crippen LogP contribution is -2.13. The first-order valence-electron chi connectivity index (χ1n) is 8.18. The number of aliphatic hydroxyl groups is 1. The van der Waals surface area contributed by atoms with Crippen molar-refractivity contribution in [2.24, 2.45) is 0 Å².